The van der Waals surface area contributed by atoms with Crippen LogP contribution in [0, 0.1) is 13.8 Å². The lowest BCUT2D eigenvalue weighted by molar-refractivity contribution is 0.102. The summed E-state index contributed by atoms with van der Waals surface area (Å²) in [5.41, 5.74) is 4.05. The summed E-state index contributed by atoms with van der Waals surface area (Å²) in [6, 6.07) is 7.00. The lowest BCUT2D eigenvalue weighted by Crippen LogP contribution is -2.24. The molecule has 184 valence electrons. The topological polar surface area (TPSA) is 106 Å². The molecule has 3 aromatic rings. The molecule has 34 heavy (non-hydrogen) atoms. The molecule has 2 aromatic heterocycles. The Morgan fingerprint density at radius 2 is 1.79 bits per heavy atom. The van der Waals surface area contributed by atoms with Crippen molar-refractivity contribution in [2.45, 2.75) is 73.3 Å². The summed E-state index contributed by atoms with van der Waals surface area (Å²) in [6.07, 6.45) is 0.517. The van der Waals surface area contributed by atoms with Crippen LogP contribution in [-0.4, -0.2) is 34.8 Å². The molecule has 1 aromatic carbocycles. The minimum absolute atomic E-state index is 0.0348. The molecule has 0 spiro atoms. The molecule has 1 amide bonds. The fourth-order valence-corrected chi connectivity index (χ4v) is 5.01. The number of anilines is 2. The van der Waals surface area contributed by atoms with Gasteiger partial charge in [-0.2, -0.15) is 5.10 Å². The van der Waals surface area contributed by atoms with Gasteiger partial charge in [0.05, 0.1) is 33.6 Å². The number of fused-ring (bicyclic) bond motifs is 1. The van der Waals surface area contributed by atoms with E-state index >= 15 is 0 Å². The summed E-state index contributed by atoms with van der Waals surface area (Å²) >= 11 is 0. The number of pyridine rings is 1. The van der Waals surface area contributed by atoms with Crippen molar-refractivity contribution in [2.75, 3.05) is 15.8 Å². The third-order valence-corrected chi connectivity index (χ3v) is 7.10. The number of nitrogens with zero attached hydrogens (tertiary/aromatic N) is 3. The second-order valence-electron chi connectivity index (χ2n) is 9.97. The quantitative estimate of drug-likeness (QED) is 0.470. The highest BCUT2D eigenvalue weighted by Gasteiger charge is 2.25. The second kappa shape index (κ2) is 9.37. The van der Waals surface area contributed by atoms with Gasteiger partial charge in [0, 0.05) is 11.4 Å². The number of carbonyl (C=O) groups excluding carboxylic acids is 1. The fraction of sp³-hybridized carbons (Fsp3) is 0.480. The van der Waals surface area contributed by atoms with Gasteiger partial charge in [-0.15, -0.1) is 0 Å². The molecule has 0 atom stereocenters. The van der Waals surface area contributed by atoms with Gasteiger partial charge in [0.15, 0.2) is 5.65 Å². The van der Waals surface area contributed by atoms with Crippen LogP contribution in [0.5, 0.6) is 0 Å². The monoisotopic (exact) mass is 485 g/mol. The number of hydrogen-bond acceptors (Lipinski definition) is 5. The second-order valence-corrected chi connectivity index (χ2v) is 11.8. The molecule has 0 saturated heterocycles. The molecule has 0 saturated carbocycles. The number of nitrogens with one attached hydrogen (secondary N) is 2. The number of rotatable bonds is 7. The summed E-state index contributed by atoms with van der Waals surface area (Å²) in [4.78, 5) is 18.4. The molecule has 0 bridgehead atoms. The maximum atomic E-state index is 13.6. The molecule has 3 rings (SSSR count). The lowest BCUT2D eigenvalue weighted by Gasteiger charge is -2.20. The molecule has 0 unspecified atom stereocenters. The highest BCUT2D eigenvalue weighted by Crippen LogP contribution is 2.30. The van der Waals surface area contributed by atoms with Crippen molar-refractivity contribution in [3.05, 3.63) is 46.8 Å². The van der Waals surface area contributed by atoms with E-state index in [1.54, 1.807) is 25.1 Å². The van der Waals surface area contributed by atoms with Crippen LogP contribution < -0.4 is 10.0 Å². The number of sulfonamides is 1. The predicted octanol–water partition coefficient (Wildman–Crippen LogP) is 5.33. The van der Waals surface area contributed by atoms with E-state index in [0.29, 0.717) is 40.0 Å². The first-order chi connectivity index (χ1) is 15.7. The van der Waals surface area contributed by atoms with Crippen LogP contribution in [-0.2, 0) is 15.6 Å². The van der Waals surface area contributed by atoms with E-state index in [2.05, 4.69) is 30.8 Å². The van der Waals surface area contributed by atoms with Gasteiger partial charge in [-0.05, 0) is 70.7 Å². The van der Waals surface area contributed by atoms with Gasteiger partial charge in [0.1, 0.15) is 0 Å². The third-order valence-electron chi connectivity index (χ3n) is 5.62. The Balaban J connectivity index is 2.08. The van der Waals surface area contributed by atoms with Crippen molar-refractivity contribution in [3.63, 3.8) is 0 Å². The normalized spacial score (nSPS) is 12.4. The summed E-state index contributed by atoms with van der Waals surface area (Å²) in [7, 11) is -3.45. The van der Waals surface area contributed by atoms with E-state index in [-0.39, 0.29) is 23.1 Å². The van der Waals surface area contributed by atoms with Gasteiger partial charge in [-0.3, -0.25) is 9.52 Å². The minimum atomic E-state index is -3.45. The van der Waals surface area contributed by atoms with E-state index in [1.165, 1.54) is 0 Å². The maximum Gasteiger partial charge on any atom is 0.256 e. The predicted molar refractivity (Wildman–Crippen MR) is 138 cm³/mol. The Morgan fingerprint density at radius 3 is 2.38 bits per heavy atom. The first-order valence-corrected chi connectivity index (χ1v) is 13.2. The van der Waals surface area contributed by atoms with Crippen LogP contribution >= 0.6 is 0 Å². The molecular formula is C25H35N5O3S. The summed E-state index contributed by atoms with van der Waals surface area (Å²) in [5.74, 6) is -0.132. The number of aromatic nitrogens is 3. The first kappa shape index (κ1) is 25.7. The van der Waals surface area contributed by atoms with E-state index in [0.717, 1.165) is 11.4 Å². The van der Waals surface area contributed by atoms with Crippen LogP contribution in [0.1, 0.15) is 81.2 Å². The SMILES string of the molecule is CCCS(=O)(=O)Nc1cccc(NC(=O)c2cc(C(C)C)nc3c2c(C)nn3C(C)(C)C)c1C. The zero-order valence-corrected chi connectivity index (χ0v) is 22.1. The lowest BCUT2D eigenvalue weighted by atomic mass is 10.0. The Morgan fingerprint density at radius 1 is 1.15 bits per heavy atom. The van der Waals surface area contributed by atoms with Gasteiger partial charge in [0.2, 0.25) is 10.0 Å². The van der Waals surface area contributed by atoms with Gasteiger partial charge >= 0.3 is 0 Å². The maximum absolute atomic E-state index is 13.6. The Kier molecular flexibility index (Phi) is 7.07. The molecule has 8 nitrogen and oxygen atoms in total. The molecular weight excluding hydrogens is 450 g/mol. The highest BCUT2D eigenvalue weighted by molar-refractivity contribution is 7.92. The molecule has 0 fully saturated rings. The Hall–Kier alpha value is -2.94. The molecule has 0 aliphatic rings. The summed E-state index contributed by atoms with van der Waals surface area (Å²) < 4.78 is 29.0. The van der Waals surface area contributed by atoms with Crippen molar-refractivity contribution < 1.29 is 13.2 Å². The van der Waals surface area contributed by atoms with Gasteiger partial charge in [0.25, 0.3) is 5.91 Å². The van der Waals surface area contributed by atoms with Gasteiger partial charge in [-0.1, -0.05) is 26.8 Å². The molecule has 2 heterocycles. The standard InChI is InChI=1S/C25H35N5O3S/c1-9-13-34(32,33)29-20-12-10-11-19(16(20)4)27-24(31)18-14-21(15(2)3)26-23-22(18)17(5)28-30(23)25(6,7)8/h10-12,14-15,29H,9,13H2,1-8H3,(H,27,31). The van der Waals surface area contributed by atoms with Crippen LogP contribution in [0.4, 0.5) is 11.4 Å². The Bertz CT molecular complexity index is 1330. The van der Waals surface area contributed by atoms with Crippen molar-refractivity contribution in [1.82, 2.24) is 14.8 Å². The van der Waals surface area contributed by atoms with E-state index in [9.17, 15) is 13.2 Å². The number of benzene rings is 1. The van der Waals surface area contributed by atoms with Crippen LogP contribution in [0.25, 0.3) is 11.0 Å². The van der Waals surface area contributed by atoms with Crippen LogP contribution in [0.3, 0.4) is 0 Å². The summed E-state index contributed by atoms with van der Waals surface area (Å²) in [5, 5.41) is 8.39. The van der Waals surface area contributed by atoms with Crippen LogP contribution in [0.15, 0.2) is 24.3 Å². The highest BCUT2D eigenvalue weighted by atomic mass is 32.2. The van der Waals surface area contributed by atoms with Gasteiger partial charge < -0.3 is 5.32 Å². The largest absolute Gasteiger partial charge is 0.322 e. The number of aryl methyl sites for hydroxylation is 1. The Labute approximate surface area is 202 Å². The number of amides is 1. The van der Waals surface area contributed by atoms with Crippen LogP contribution in [0.2, 0.25) is 0 Å². The van der Waals surface area contributed by atoms with E-state index < -0.39 is 10.0 Å². The van der Waals surface area contributed by atoms with E-state index in [1.807, 2.05) is 38.4 Å². The minimum Gasteiger partial charge on any atom is -0.322 e. The molecule has 0 aliphatic carbocycles. The number of hydrogen-bond donors (Lipinski definition) is 2. The van der Waals surface area contributed by atoms with Crippen molar-refractivity contribution in [2.24, 2.45) is 0 Å². The molecule has 0 radical (unpaired) electrons. The molecule has 2 N–H and O–H groups in total. The zero-order valence-electron chi connectivity index (χ0n) is 21.3. The zero-order chi connectivity index (χ0) is 25.4. The average Bonchev–Trinajstić information content (AvgIpc) is 3.07. The molecule has 9 heteroatoms. The fourth-order valence-electron chi connectivity index (χ4n) is 3.81. The van der Waals surface area contributed by atoms with Gasteiger partial charge in [-0.25, -0.2) is 18.1 Å². The smallest absolute Gasteiger partial charge is 0.256 e. The average molecular weight is 486 g/mol. The van der Waals surface area contributed by atoms with Crippen molar-refractivity contribution in [1.29, 1.82) is 0 Å². The van der Waals surface area contributed by atoms with Crippen molar-refractivity contribution >= 4 is 38.3 Å². The first-order valence-electron chi connectivity index (χ1n) is 11.6. The third kappa shape index (κ3) is 5.24. The van der Waals surface area contributed by atoms with Crippen molar-refractivity contribution in [3.8, 4) is 0 Å². The van der Waals surface area contributed by atoms with E-state index in [4.69, 9.17) is 10.1 Å². The molecule has 0 aliphatic heterocycles. The summed E-state index contributed by atoms with van der Waals surface area (Å²) in [6.45, 7) is 15.7. The number of carbonyl (C=O) groups is 1.